The van der Waals surface area contributed by atoms with Crippen LogP contribution < -0.4 is 10.1 Å². The molecule has 2 aromatic heterocycles. The molecule has 2 heterocycles. The summed E-state index contributed by atoms with van der Waals surface area (Å²) in [6.07, 6.45) is 8.42. The second-order valence-corrected chi connectivity index (χ2v) is 8.14. The van der Waals surface area contributed by atoms with Crippen molar-refractivity contribution in [1.82, 2.24) is 9.97 Å². The number of methoxy groups -OCH3 is 1. The van der Waals surface area contributed by atoms with E-state index in [0.717, 1.165) is 27.7 Å². The fourth-order valence-corrected chi connectivity index (χ4v) is 4.84. The summed E-state index contributed by atoms with van der Waals surface area (Å²) < 4.78 is 5.26. The highest BCUT2D eigenvalue weighted by atomic mass is 32.1. The molecule has 0 saturated heterocycles. The third-order valence-electron chi connectivity index (χ3n) is 5.43. The predicted octanol–water partition coefficient (Wildman–Crippen LogP) is 5.75. The maximum atomic E-state index is 5.26. The van der Waals surface area contributed by atoms with Gasteiger partial charge in [0.2, 0.25) is 0 Å². The Morgan fingerprint density at radius 1 is 1.12 bits per heavy atom. The number of rotatable bonds is 5. The number of thiophene rings is 1. The summed E-state index contributed by atoms with van der Waals surface area (Å²) in [5, 5.41) is 4.79. The number of nitrogens with zero attached hydrogens (tertiary/aromatic N) is 2. The topological polar surface area (TPSA) is 47.0 Å². The highest BCUT2D eigenvalue weighted by Gasteiger charge is 2.21. The summed E-state index contributed by atoms with van der Waals surface area (Å²) in [6, 6.07) is 10.8. The van der Waals surface area contributed by atoms with Crippen LogP contribution in [0.15, 0.2) is 36.7 Å². The number of aromatic nitrogens is 2. The Bertz CT molecular complexity index is 869. The van der Waals surface area contributed by atoms with E-state index in [1.165, 1.54) is 42.5 Å². The molecule has 0 amide bonds. The molecular formula is C21H25N3OS. The average molecular weight is 368 g/mol. The second-order valence-electron chi connectivity index (χ2n) is 7.11. The van der Waals surface area contributed by atoms with Crippen LogP contribution in [0, 0.1) is 5.92 Å². The Morgan fingerprint density at radius 2 is 1.88 bits per heavy atom. The smallest absolute Gasteiger partial charge is 0.138 e. The van der Waals surface area contributed by atoms with Gasteiger partial charge in [-0.05, 0) is 61.6 Å². The highest BCUT2D eigenvalue weighted by molar-refractivity contribution is 7.21. The largest absolute Gasteiger partial charge is 0.497 e. The zero-order valence-electron chi connectivity index (χ0n) is 15.4. The zero-order chi connectivity index (χ0) is 17.9. The molecule has 0 radical (unpaired) electrons. The number of fused-ring (bicyclic) bond motifs is 1. The first-order valence-electron chi connectivity index (χ1n) is 9.40. The molecule has 0 unspecified atom stereocenters. The van der Waals surface area contributed by atoms with Crippen LogP contribution in [-0.2, 0) is 0 Å². The first kappa shape index (κ1) is 17.3. The van der Waals surface area contributed by atoms with Gasteiger partial charge in [0, 0.05) is 10.9 Å². The van der Waals surface area contributed by atoms with Crippen LogP contribution >= 0.6 is 11.3 Å². The summed E-state index contributed by atoms with van der Waals surface area (Å²) >= 11 is 1.71. The number of hydrogen-bond acceptors (Lipinski definition) is 5. The van der Waals surface area contributed by atoms with E-state index in [-0.39, 0.29) is 0 Å². The van der Waals surface area contributed by atoms with Crippen molar-refractivity contribution in [2.45, 2.75) is 45.1 Å². The van der Waals surface area contributed by atoms with Crippen LogP contribution in [0.25, 0.3) is 20.7 Å². The second kappa shape index (κ2) is 7.62. The van der Waals surface area contributed by atoms with Crippen molar-refractivity contribution >= 4 is 27.4 Å². The Balaban J connectivity index is 1.60. The molecule has 1 saturated carbocycles. The highest BCUT2D eigenvalue weighted by Crippen LogP contribution is 2.36. The van der Waals surface area contributed by atoms with E-state index in [9.17, 15) is 0 Å². The molecule has 1 atom stereocenters. The normalized spacial score (nSPS) is 16.5. The lowest BCUT2D eigenvalue weighted by Gasteiger charge is -2.28. The monoisotopic (exact) mass is 367 g/mol. The molecule has 3 aromatic rings. The molecule has 1 N–H and O–H groups in total. The Hall–Kier alpha value is -2.14. The van der Waals surface area contributed by atoms with Crippen LogP contribution in [0.5, 0.6) is 5.75 Å². The predicted molar refractivity (Wildman–Crippen MR) is 109 cm³/mol. The van der Waals surface area contributed by atoms with Crippen LogP contribution in [0.1, 0.15) is 39.0 Å². The van der Waals surface area contributed by atoms with Crippen molar-refractivity contribution < 1.29 is 4.74 Å². The maximum absolute atomic E-state index is 5.26. The lowest BCUT2D eigenvalue weighted by molar-refractivity contribution is 0.328. The van der Waals surface area contributed by atoms with Crippen molar-refractivity contribution in [2.24, 2.45) is 5.92 Å². The lowest BCUT2D eigenvalue weighted by atomic mass is 9.84. The zero-order valence-corrected chi connectivity index (χ0v) is 16.2. The lowest BCUT2D eigenvalue weighted by Crippen LogP contribution is -2.28. The molecule has 26 heavy (non-hydrogen) atoms. The fraction of sp³-hybridized carbons (Fsp3) is 0.429. The molecule has 0 aliphatic heterocycles. The van der Waals surface area contributed by atoms with E-state index >= 15 is 0 Å². The molecule has 0 bridgehead atoms. The minimum Gasteiger partial charge on any atom is -0.497 e. The minimum atomic E-state index is 0.442. The number of benzene rings is 1. The Labute approximate surface area is 158 Å². The van der Waals surface area contributed by atoms with Crippen molar-refractivity contribution in [1.29, 1.82) is 0 Å². The molecule has 1 aliphatic carbocycles. The quantitative estimate of drug-likeness (QED) is 0.624. The summed E-state index contributed by atoms with van der Waals surface area (Å²) in [6.45, 7) is 2.29. The van der Waals surface area contributed by atoms with Gasteiger partial charge in [0.25, 0.3) is 0 Å². The molecule has 1 aromatic carbocycles. The molecule has 136 valence electrons. The third-order valence-corrected chi connectivity index (χ3v) is 6.52. The van der Waals surface area contributed by atoms with Gasteiger partial charge in [-0.3, -0.25) is 0 Å². The number of ether oxygens (including phenoxy) is 1. The van der Waals surface area contributed by atoms with Gasteiger partial charge in [-0.1, -0.05) is 19.3 Å². The molecule has 4 nitrogen and oxygen atoms in total. The van der Waals surface area contributed by atoms with E-state index in [1.807, 2.05) is 12.1 Å². The van der Waals surface area contributed by atoms with Gasteiger partial charge in [-0.15, -0.1) is 11.3 Å². The molecule has 1 aliphatic rings. The molecule has 0 spiro atoms. The van der Waals surface area contributed by atoms with Gasteiger partial charge in [0.1, 0.15) is 22.7 Å². The molecule has 5 heteroatoms. The summed E-state index contributed by atoms with van der Waals surface area (Å²) in [5.74, 6) is 2.58. The molecule has 1 fully saturated rings. The number of hydrogen-bond donors (Lipinski definition) is 1. The SMILES string of the molecule is COc1ccc(-c2cc3c(N[C@H](C)C4CCCCC4)ncnc3s2)cc1. The Morgan fingerprint density at radius 3 is 2.62 bits per heavy atom. The van der Waals surface area contributed by atoms with Gasteiger partial charge in [-0.2, -0.15) is 0 Å². The number of nitrogens with one attached hydrogen (secondary N) is 1. The van der Waals surface area contributed by atoms with Crippen LogP contribution in [0.2, 0.25) is 0 Å². The first-order chi connectivity index (χ1) is 12.7. The molecule has 4 rings (SSSR count). The van der Waals surface area contributed by atoms with Crippen molar-refractivity contribution in [3.05, 3.63) is 36.7 Å². The van der Waals surface area contributed by atoms with E-state index in [2.05, 4.69) is 40.4 Å². The third kappa shape index (κ3) is 3.54. The van der Waals surface area contributed by atoms with Crippen LogP contribution in [0.3, 0.4) is 0 Å². The van der Waals surface area contributed by atoms with Crippen molar-refractivity contribution in [2.75, 3.05) is 12.4 Å². The van der Waals surface area contributed by atoms with Crippen LogP contribution in [-0.4, -0.2) is 23.1 Å². The van der Waals surface area contributed by atoms with Gasteiger partial charge in [0.05, 0.1) is 12.5 Å². The van der Waals surface area contributed by atoms with Crippen molar-refractivity contribution in [3.8, 4) is 16.2 Å². The minimum absolute atomic E-state index is 0.442. The van der Waals surface area contributed by atoms with Gasteiger partial charge < -0.3 is 10.1 Å². The fourth-order valence-electron chi connectivity index (χ4n) is 3.84. The van der Waals surface area contributed by atoms with E-state index in [0.29, 0.717) is 6.04 Å². The number of anilines is 1. The standard InChI is InChI=1S/C21H25N3OS/c1-14(15-6-4-3-5-7-15)24-20-18-12-19(26-21(18)23-13-22-20)16-8-10-17(25-2)11-9-16/h8-15H,3-7H2,1-2H3,(H,22,23,24)/t14-/m1/s1. The van der Waals surface area contributed by atoms with Crippen LogP contribution in [0.4, 0.5) is 5.82 Å². The van der Waals surface area contributed by atoms with Gasteiger partial charge in [-0.25, -0.2) is 9.97 Å². The molecular weight excluding hydrogens is 342 g/mol. The summed E-state index contributed by atoms with van der Waals surface area (Å²) in [4.78, 5) is 11.3. The van der Waals surface area contributed by atoms with Gasteiger partial charge >= 0.3 is 0 Å². The van der Waals surface area contributed by atoms with Crippen molar-refractivity contribution in [3.63, 3.8) is 0 Å². The maximum Gasteiger partial charge on any atom is 0.138 e. The van der Waals surface area contributed by atoms with E-state index in [4.69, 9.17) is 4.74 Å². The van der Waals surface area contributed by atoms with E-state index < -0.39 is 0 Å². The Kier molecular flexibility index (Phi) is 5.07. The summed E-state index contributed by atoms with van der Waals surface area (Å²) in [7, 11) is 1.69. The summed E-state index contributed by atoms with van der Waals surface area (Å²) in [5.41, 5.74) is 1.18. The first-order valence-corrected chi connectivity index (χ1v) is 10.2. The van der Waals surface area contributed by atoms with Gasteiger partial charge in [0.15, 0.2) is 0 Å². The van der Waals surface area contributed by atoms with E-state index in [1.54, 1.807) is 24.8 Å². The average Bonchev–Trinajstić information content (AvgIpc) is 3.14.